The second kappa shape index (κ2) is 21.7. The van der Waals surface area contributed by atoms with E-state index in [4.69, 9.17) is 15.2 Å². The molecule has 42 heavy (non-hydrogen) atoms. The van der Waals surface area contributed by atoms with Gasteiger partial charge in [-0.2, -0.15) is 4.98 Å². The highest BCUT2D eigenvalue weighted by Gasteiger charge is 2.17. The summed E-state index contributed by atoms with van der Waals surface area (Å²) in [6.45, 7) is 4.45. The van der Waals surface area contributed by atoms with Crippen LogP contribution in [0.15, 0.2) is 11.1 Å². The lowest BCUT2D eigenvalue weighted by Crippen LogP contribution is -2.31. The fourth-order valence-corrected chi connectivity index (χ4v) is 4.79. The molecule has 0 spiro atoms. The van der Waals surface area contributed by atoms with Crippen LogP contribution in [0.3, 0.4) is 0 Å². The van der Waals surface area contributed by atoms with Gasteiger partial charge in [0.05, 0.1) is 19.5 Å². The molecule has 238 valence electrons. The summed E-state index contributed by atoms with van der Waals surface area (Å²) in [6, 6.07) is -0.730. The van der Waals surface area contributed by atoms with E-state index >= 15 is 0 Å². The molecule has 1 unspecified atom stereocenters. The van der Waals surface area contributed by atoms with E-state index in [1.807, 2.05) is 0 Å². The van der Waals surface area contributed by atoms with Gasteiger partial charge < -0.3 is 25.5 Å². The highest BCUT2D eigenvalue weighted by Crippen LogP contribution is 2.14. The molecule has 0 aromatic carbocycles. The number of rotatable bonds is 25. The molecular formula is C31H54N6O5. The number of unbranched alkanes of at least 4 members (excludes halogenated alkanes) is 14. The molecule has 0 bridgehead atoms. The van der Waals surface area contributed by atoms with Gasteiger partial charge in [0.1, 0.15) is 6.04 Å². The Hall–Kier alpha value is -2.95. The van der Waals surface area contributed by atoms with Gasteiger partial charge in [0.15, 0.2) is 11.2 Å². The topological polar surface area (TPSA) is 165 Å². The van der Waals surface area contributed by atoms with Crippen molar-refractivity contribution in [2.24, 2.45) is 11.7 Å². The third-order valence-electron chi connectivity index (χ3n) is 7.44. The summed E-state index contributed by atoms with van der Waals surface area (Å²) >= 11 is 0. The predicted molar refractivity (Wildman–Crippen MR) is 166 cm³/mol. The van der Waals surface area contributed by atoms with Crippen LogP contribution in [0.25, 0.3) is 11.2 Å². The molecule has 11 nitrogen and oxygen atoms in total. The molecule has 5 N–H and O–H groups in total. The Bertz CT molecular complexity index is 1070. The number of fused-ring (bicyclic) bond motifs is 1. The van der Waals surface area contributed by atoms with Gasteiger partial charge in [0.2, 0.25) is 5.95 Å². The maximum atomic E-state index is 12.3. The zero-order valence-corrected chi connectivity index (χ0v) is 25.9. The van der Waals surface area contributed by atoms with Crippen molar-refractivity contribution < 1.29 is 19.1 Å². The maximum Gasteiger partial charge on any atom is 0.322 e. The minimum atomic E-state index is -0.730. The number of ether oxygens (including phenoxy) is 2. The first kappa shape index (κ1) is 35.2. The smallest absolute Gasteiger partial charge is 0.322 e. The van der Waals surface area contributed by atoms with Crippen molar-refractivity contribution in [1.82, 2.24) is 19.9 Å². The molecule has 2 aromatic rings. The van der Waals surface area contributed by atoms with Crippen molar-refractivity contribution in [3.63, 3.8) is 0 Å². The van der Waals surface area contributed by atoms with Gasteiger partial charge in [-0.3, -0.25) is 19.4 Å². The monoisotopic (exact) mass is 590 g/mol. The molecule has 0 radical (unpaired) electrons. The highest BCUT2D eigenvalue weighted by atomic mass is 16.5. The van der Waals surface area contributed by atoms with Gasteiger partial charge in [-0.05, 0) is 19.8 Å². The van der Waals surface area contributed by atoms with Crippen LogP contribution in [0.2, 0.25) is 0 Å². The minimum Gasteiger partial charge on any atom is -0.465 e. The van der Waals surface area contributed by atoms with Crippen LogP contribution in [-0.2, 0) is 19.1 Å². The molecule has 0 fully saturated rings. The summed E-state index contributed by atoms with van der Waals surface area (Å²) in [6.07, 6.45) is 21.4. The summed E-state index contributed by atoms with van der Waals surface area (Å²) < 4.78 is 10.8. The average molecular weight is 591 g/mol. The molecule has 2 heterocycles. The molecule has 0 saturated carbocycles. The Morgan fingerprint density at radius 1 is 0.905 bits per heavy atom. The minimum absolute atomic E-state index is 0.0800. The first-order chi connectivity index (χ1) is 20.4. The van der Waals surface area contributed by atoms with E-state index in [-0.39, 0.29) is 36.6 Å². The lowest BCUT2D eigenvalue weighted by molar-refractivity contribution is -0.149. The number of anilines is 1. The number of imidazole rings is 1. The summed E-state index contributed by atoms with van der Waals surface area (Å²) in [5.74, 6) is -0.689. The number of carbonyl (C=O) groups is 2. The summed E-state index contributed by atoms with van der Waals surface area (Å²) in [7, 11) is 0. The first-order valence-electron chi connectivity index (χ1n) is 16.2. The van der Waals surface area contributed by atoms with Crippen molar-refractivity contribution in [3.8, 4) is 0 Å². The number of hydrogen-bond donors (Lipinski definition) is 4. The molecule has 0 aliphatic heterocycles. The quantitative estimate of drug-likeness (QED) is 0.0831. The van der Waals surface area contributed by atoms with Gasteiger partial charge in [0.25, 0.3) is 5.56 Å². The number of H-pyrrole nitrogens is 2. The number of carbonyl (C=O) groups excluding carboxylic acids is 2. The van der Waals surface area contributed by atoms with Crippen molar-refractivity contribution in [2.75, 3.05) is 25.1 Å². The second-order valence-electron chi connectivity index (χ2n) is 11.4. The second-order valence-corrected chi connectivity index (χ2v) is 11.4. The zero-order chi connectivity index (χ0) is 30.4. The Balaban J connectivity index is 1.57. The average Bonchev–Trinajstić information content (AvgIpc) is 3.45. The van der Waals surface area contributed by atoms with Crippen LogP contribution in [0.1, 0.15) is 123 Å². The van der Waals surface area contributed by atoms with Crippen LogP contribution >= 0.6 is 0 Å². The van der Waals surface area contributed by atoms with E-state index in [1.54, 1.807) is 6.92 Å². The fourth-order valence-electron chi connectivity index (χ4n) is 4.79. The number of aromatic amines is 2. The third kappa shape index (κ3) is 15.3. The Labute approximate surface area is 250 Å². The first-order valence-corrected chi connectivity index (χ1v) is 16.2. The standard InChI is InChI=1S/C31H54N6O5/c1-3-4-5-6-7-8-9-10-11-12-13-14-15-16-17-18-26(38)41-21-25(22-42-30(40)24(2)32)19-20-33-31-36-28-27(29(39)37-31)34-23-35-28/h23-25H,3-22,32H2,1-2H3,(H3,33,34,35,36,37,39)/t24-,25?/m0/s1. The summed E-state index contributed by atoms with van der Waals surface area (Å²) in [5.41, 5.74) is 5.90. The number of nitrogens with zero attached hydrogens (tertiary/aromatic N) is 2. The normalized spacial score (nSPS) is 12.7. The lowest BCUT2D eigenvalue weighted by atomic mass is 10.0. The van der Waals surface area contributed by atoms with Gasteiger partial charge in [-0.25, -0.2) is 4.98 Å². The Kier molecular flexibility index (Phi) is 18.2. The molecule has 11 heteroatoms. The van der Waals surface area contributed by atoms with Gasteiger partial charge in [-0.1, -0.05) is 96.8 Å². The number of esters is 2. The van der Waals surface area contributed by atoms with E-state index in [9.17, 15) is 14.4 Å². The van der Waals surface area contributed by atoms with Crippen molar-refractivity contribution in [3.05, 3.63) is 16.7 Å². The molecule has 0 aliphatic rings. The summed E-state index contributed by atoms with van der Waals surface area (Å²) in [5, 5.41) is 3.05. The number of nitrogens with two attached hydrogens (primary N) is 1. The SMILES string of the molecule is CCCCCCCCCCCCCCCCCC(=O)OCC(CCNc1nc2nc[nH]c2c(=O)[nH]1)COC(=O)[C@H](C)N. The van der Waals surface area contributed by atoms with Crippen LogP contribution < -0.4 is 16.6 Å². The van der Waals surface area contributed by atoms with Crippen molar-refractivity contribution >= 4 is 29.1 Å². The Morgan fingerprint density at radius 3 is 2.07 bits per heavy atom. The van der Waals surface area contributed by atoms with Crippen LogP contribution in [0.4, 0.5) is 5.95 Å². The van der Waals surface area contributed by atoms with Crippen LogP contribution in [0.5, 0.6) is 0 Å². The molecule has 2 aromatic heterocycles. The Morgan fingerprint density at radius 2 is 1.48 bits per heavy atom. The van der Waals surface area contributed by atoms with E-state index in [1.165, 1.54) is 83.4 Å². The maximum absolute atomic E-state index is 12.3. The van der Waals surface area contributed by atoms with E-state index in [2.05, 4.69) is 32.2 Å². The molecule has 2 atom stereocenters. The number of hydrogen-bond acceptors (Lipinski definition) is 9. The van der Waals surface area contributed by atoms with E-state index in [0.29, 0.717) is 30.6 Å². The predicted octanol–water partition coefficient (Wildman–Crippen LogP) is 5.76. The third-order valence-corrected chi connectivity index (χ3v) is 7.44. The highest BCUT2D eigenvalue weighted by molar-refractivity contribution is 5.74. The fraction of sp³-hybridized carbons (Fsp3) is 0.774. The van der Waals surface area contributed by atoms with Gasteiger partial charge in [-0.15, -0.1) is 0 Å². The zero-order valence-electron chi connectivity index (χ0n) is 25.9. The molecule has 0 amide bonds. The van der Waals surface area contributed by atoms with Gasteiger partial charge >= 0.3 is 11.9 Å². The molecule has 0 aliphatic carbocycles. The number of aromatic nitrogens is 4. The molecular weight excluding hydrogens is 536 g/mol. The van der Waals surface area contributed by atoms with Crippen molar-refractivity contribution in [1.29, 1.82) is 0 Å². The molecule has 2 rings (SSSR count). The van der Waals surface area contributed by atoms with E-state index in [0.717, 1.165) is 19.3 Å². The van der Waals surface area contributed by atoms with E-state index < -0.39 is 12.0 Å². The van der Waals surface area contributed by atoms with Crippen molar-refractivity contribution in [2.45, 2.75) is 129 Å². The lowest BCUT2D eigenvalue weighted by Gasteiger charge is -2.18. The largest absolute Gasteiger partial charge is 0.465 e. The molecule has 0 saturated heterocycles. The number of nitrogens with one attached hydrogen (secondary N) is 3. The van der Waals surface area contributed by atoms with Crippen LogP contribution in [-0.4, -0.2) is 57.7 Å². The van der Waals surface area contributed by atoms with Crippen LogP contribution in [0, 0.1) is 5.92 Å². The summed E-state index contributed by atoms with van der Waals surface area (Å²) in [4.78, 5) is 49.9. The van der Waals surface area contributed by atoms with Gasteiger partial charge in [0, 0.05) is 18.9 Å².